The fourth-order valence-electron chi connectivity index (χ4n) is 4.07. The van der Waals surface area contributed by atoms with Gasteiger partial charge in [0.25, 0.3) is 11.5 Å². The second-order valence-corrected chi connectivity index (χ2v) is 9.47. The molecular weight excluding hydrogens is 473 g/mol. The highest BCUT2D eigenvalue weighted by Crippen LogP contribution is 2.28. The Hall–Kier alpha value is -3.16. The summed E-state index contributed by atoms with van der Waals surface area (Å²) in [5.41, 5.74) is 2.11. The fourth-order valence-corrected chi connectivity index (χ4v) is 5.37. The van der Waals surface area contributed by atoms with Crippen molar-refractivity contribution >= 4 is 40.2 Å². The first kappa shape index (κ1) is 22.6. The van der Waals surface area contributed by atoms with Gasteiger partial charge in [-0.05, 0) is 66.9 Å². The van der Waals surface area contributed by atoms with Gasteiger partial charge in [0.05, 0.1) is 16.6 Å². The van der Waals surface area contributed by atoms with Gasteiger partial charge in [0.15, 0.2) is 5.16 Å². The van der Waals surface area contributed by atoms with E-state index in [0.29, 0.717) is 38.1 Å². The van der Waals surface area contributed by atoms with Crippen molar-refractivity contribution in [2.24, 2.45) is 0 Å². The lowest BCUT2D eigenvalue weighted by atomic mass is 10.1. The summed E-state index contributed by atoms with van der Waals surface area (Å²) in [4.78, 5) is 33.0. The van der Waals surface area contributed by atoms with E-state index in [1.54, 1.807) is 30.3 Å². The summed E-state index contributed by atoms with van der Waals surface area (Å²) in [6.07, 6.45) is 2.01. The van der Waals surface area contributed by atoms with Crippen molar-refractivity contribution in [1.29, 1.82) is 0 Å². The first-order valence-electron chi connectivity index (χ1n) is 11.0. The Kier molecular flexibility index (Phi) is 6.39. The summed E-state index contributed by atoms with van der Waals surface area (Å²) < 4.78 is 15.0. The molecule has 8 heteroatoms. The lowest BCUT2D eigenvalue weighted by molar-refractivity contribution is 0.0793. The van der Waals surface area contributed by atoms with Gasteiger partial charge in [0.2, 0.25) is 0 Å². The molecule has 0 spiro atoms. The maximum absolute atomic E-state index is 13.6. The quantitative estimate of drug-likeness (QED) is 0.264. The van der Waals surface area contributed by atoms with E-state index in [-0.39, 0.29) is 17.3 Å². The minimum atomic E-state index is -0.388. The van der Waals surface area contributed by atoms with Crippen LogP contribution in [0, 0.1) is 5.82 Å². The molecule has 1 amide bonds. The van der Waals surface area contributed by atoms with Gasteiger partial charge in [0, 0.05) is 29.4 Å². The lowest BCUT2D eigenvalue weighted by Crippen LogP contribution is -2.28. The van der Waals surface area contributed by atoms with E-state index >= 15 is 0 Å². The summed E-state index contributed by atoms with van der Waals surface area (Å²) in [5, 5.41) is 1.46. The molecule has 2 heterocycles. The molecule has 0 bridgehead atoms. The number of benzene rings is 3. The van der Waals surface area contributed by atoms with Crippen LogP contribution in [-0.4, -0.2) is 33.4 Å². The third-order valence-electron chi connectivity index (χ3n) is 5.88. The monoisotopic (exact) mass is 493 g/mol. The third kappa shape index (κ3) is 4.45. The third-order valence-corrected chi connectivity index (χ3v) is 7.23. The van der Waals surface area contributed by atoms with E-state index in [4.69, 9.17) is 16.6 Å². The van der Waals surface area contributed by atoms with Crippen LogP contribution in [0.2, 0.25) is 5.02 Å². The molecule has 0 N–H and O–H groups in total. The first-order chi connectivity index (χ1) is 16.5. The molecule has 0 radical (unpaired) electrons. The van der Waals surface area contributed by atoms with Crippen LogP contribution < -0.4 is 5.56 Å². The second-order valence-electron chi connectivity index (χ2n) is 8.12. The van der Waals surface area contributed by atoms with Crippen molar-refractivity contribution < 1.29 is 9.18 Å². The number of nitrogens with zero attached hydrogens (tertiary/aromatic N) is 3. The smallest absolute Gasteiger partial charge is 0.266 e. The van der Waals surface area contributed by atoms with Gasteiger partial charge in [-0.2, -0.15) is 0 Å². The molecule has 4 aromatic rings. The van der Waals surface area contributed by atoms with E-state index in [1.165, 1.54) is 28.5 Å². The number of thioether (sulfide) groups is 1. The number of aromatic nitrogens is 2. The van der Waals surface area contributed by atoms with Crippen LogP contribution in [0.4, 0.5) is 4.39 Å². The zero-order valence-electron chi connectivity index (χ0n) is 18.2. The van der Waals surface area contributed by atoms with E-state index in [9.17, 15) is 14.0 Å². The van der Waals surface area contributed by atoms with Gasteiger partial charge < -0.3 is 4.90 Å². The Morgan fingerprint density at radius 3 is 2.50 bits per heavy atom. The SMILES string of the molecule is O=C(c1ccc2c(=O)n(-c3ccc(F)cc3)c(SCc3ccccc3Cl)nc2c1)N1CCCC1. The van der Waals surface area contributed by atoms with Gasteiger partial charge >= 0.3 is 0 Å². The van der Waals surface area contributed by atoms with Gasteiger partial charge in [-0.3, -0.25) is 14.2 Å². The van der Waals surface area contributed by atoms with E-state index < -0.39 is 0 Å². The minimum absolute atomic E-state index is 0.0471. The highest BCUT2D eigenvalue weighted by molar-refractivity contribution is 7.98. The van der Waals surface area contributed by atoms with Crippen molar-refractivity contribution in [1.82, 2.24) is 14.5 Å². The molecule has 1 fully saturated rings. The number of carbonyl (C=O) groups excluding carboxylic acids is 1. The van der Waals surface area contributed by atoms with Gasteiger partial charge in [0.1, 0.15) is 5.82 Å². The Balaban J connectivity index is 1.61. The van der Waals surface area contributed by atoms with E-state index in [2.05, 4.69) is 0 Å². The topological polar surface area (TPSA) is 55.2 Å². The number of likely N-dealkylation sites (tertiary alicyclic amines) is 1. The molecule has 3 aromatic carbocycles. The van der Waals surface area contributed by atoms with Crippen molar-refractivity contribution in [3.05, 3.63) is 99.1 Å². The number of amides is 1. The summed E-state index contributed by atoms with van der Waals surface area (Å²) in [7, 11) is 0. The van der Waals surface area contributed by atoms with Crippen molar-refractivity contribution in [2.45, 2.75) is 23.8 Å². The van der Waals surface area contributed by atoms with E-state index in [1.807, 2.05) is 29.2 Å². The molecule has 1 aromatic heterocycles. The molecule has 5 nitrogen and oxygen atoms in total. The number of carbonyl (C=O) groups is 1. The Morgan fingerprint density at radius 1 is 1.03 bits per heavy atom. The lowest BCUT2D eigenvalue weighted by Gasteiger charge is -2.16. The fraction of sp³-hybridized carbons (Fsp3) is 0.192. The van der Waals surface area contributed by atoms with Crippen molar-refractivity contribution in [3.63, 3.8) is 0 Å². The van der Waals surface area contributed by atoms with Crippen LogP contribution >= 0.6 is 23.4 Å². The van der Waals surface area contributed by atoms with Crippen LogP contribution in [-0.2, 0) is 5.75 Å². The largest absolute Gasteiger partial charge is 0.339 e. The highest BCUT2D eigenvalue weighted by Gasteiger charge is 2.21. The van der Waals surface area contributed by atoms with Gasteiger partial charge in [-0.25, -0.2) is 9.37 Å². The molecule has 1 saturated heterocycles. The zero-order valence-corrected chi connectivity index (χ0v) is 19.8. The van der Waals surface area contributed by atoms with Crippen LogP contribution in [0.3, 0.4) is 0 Å². The zero-order chi connectivity index (χ0) is 23.7. The molecule has 0 aliphatic carbocycles. The predicted octanol–water partition coefficient (Wildman–Crippen LogP) is 5.71. The van der Waals surface area contributed by atoms with Gasteiger partial charge in [-0.15, -0.1) is 0 Å². The summed E-state index contributed by atoms with van der Waals surface area (Å²) in [6.45, 7) is 1.49. The molecule has 34 heavy (non-hydrogen) atoms. The van der Waals surface area contributed by atoms with Gasteiger partial charge in [-0.1, -0.05) is 41.6 Å². The standard InChI is InChI=1S/C26H21ClFN3O2S/c27-22-6-2-1-5-18(22)16-34-26-29-23-15-17(24(32)30-13-3-4-14-30)7-12-21(23)25(33)31(26)20-10-8-19(28)9-11-20/h1-2,5-12,15H,3-4,13-14,16H2. The molecule has 172 valence electrons. The Labute approximate surface area is 205 Å². The average Bonchev–Trinajstić information content (AvgIpc) is 3.39. The Bertz CT molecular complexity index is 1430. The normalized spacial score (nSPS) is 13.5. The maximum atomic E-state index is 13.6. The molecule has 0 atom stereocenters. The molecular formula is C26H21ClFN3O2S. The summed E-state index contributed by atoms with van der Waals surface area (Å²) >= 11 is 7.68. The first-order valence-corrected chi connectivity index (χ1v) is 12.4. The number of hydrogen-bond donors (Lipinski definition) is 0. The molecule has 0 saturated carbocycles. The summed E-state index contributed by atoms with van der Waals surface area (Å²) in [5.74, 6) is 0.0562. The van der Waals surface area contributed by atoms with Crippen molar-refractivity contribution in [2.75, 3.05) is 13.1 Å². The van der Waals surface area contributed by atoms with Crippen LogP contribution in [0.5, 0.6) is 0 Å². The maximum Gasteiger partial charge on any atom is 0.266 e. The molecule has 0 unspecified atom stereocenters. The number of hydrogen-bond acceptors (Lipinski definition) is 4. The van der Waals surface area contributed by atoms with Crippen LogP contribution in [0.15, 0.2) is 76.7 Å². The number of rotatable bonds is 5. The predicted molar refractivity (Wildman–Crippen MR) is 133 cm³/mol. The van der Waals surface area contributed by atoms with E-state index in [0.717, 1.165) is 31.5 Å². The minimum Gasteiger partial charge on any atom is -0.339 e. The molecule has 1 aliphatic rings. The number of halogens is 2. The average molecular weight is 494 g/mol. The summed E-state index contributed by atoms with van der Waals surface area (Å²) in [6, 6.07) is 18.2. The van der Waals surface area contributed by atoms with Crippen molar-refractivity contribution in [3.8, 4) is 5.69 Å². The second kappa shape index (κ2) is 9.60. The Morgan fingerprint density at radius 2 is 1.76 bits per heavy atom. The van der Waals surface area contributed by atoms with Crippen LogP contribution in [0.25, 0.3) is 16.6 Å². The highest BCUT2D eigenvalue weighted by atomic mass is 35.5. The molecule has 5 rings (SSSR count). The molecule has 1 aliphatic heterocycles. The number of fused-ring (bicyclic) bond motifs is 1. The van der Waals surface area contributed by atoms with Crippen LogP contribution in [0.1, 0.15) is 28.8 Å².